The number of pyridine rings is 1. The van der Waals surface area contributed by atoms with Gasteiger partial charge in [-0.25, -0.2) is 15.0 Å². The Morgan fingerprint density at radius 3 is 2.92 bits per heavy atom. The van der Waals surface area contributed by atoms with Crippen molar-refractivity contribution in [2.75, 3.05) is 0 Å². The highest BCUT2D eigenvalue weighted by Crippen LogP contribution is 2.37. The van der Waals surface area contributed by atoms with Crippen LogP contribution in [0.15, 0.2) is 70.9 Å². The van der Waals surface area contributed by atoms with Crippen LogP contribution in [-0.2, 0) is 5.75 Å². The first-order valence-corrected chi connectivity index (χ1v) is 9.82. The van der Waals surface area contributed by atoms with Crippen molar-refractivity contribution >= 4 is 49.0 Å². The summed E-state index contributed by atoms with van der Waals surface area (Å²) in [5, 5.41) is 2.07. The summed E-state index contributed by atoms with van der Waals surface area (Å²) in [6.45, 7) is 0. The molecule has 5 nitrogen and oxygen atoms in total. The Morgan fingerprint density at radius 1 is 1.08 bits per heavy atom. The van der Waals surface area contributed by atoms with E-state index in [9.17, 15) is 4.79 Å². The van der Waals surface area contributed by atoms with Gasteiger partial charge in [-0.1, -0.05) is 36.0 Å². The van der Waals surface area contributed by atoms with E-state index >= 15 is 0 Å². The third-order valence-corrected chi connectivity index (χ3v) is 6.43. The second kappa shape index (κ2) is 6.19. The molecular formula is C19H12N4OS2. The van der Waals surface area contributed by atoms with Crippen molar-refractivity contribution in [2.45, 2.75) is 10.8 Å². The number of hydrogen-bond donors (Lipinski definition) is 0. The molecule has 0 aliphatic heterocycles. The van der Waals surface area contributed by atoms with Gasteiger partial charge >= 0.3 is 0 Å². The Hall–Kier alpha value is -2.77. The second-order valence-corrected chi connectivity index (χ2v) is 7.77. The number of rotatable bonds is 3. The summed E-state index contributed by atoms with van der Waals surface area (Å²) in [7, 11) is 0. The van der Waals surface area contributed by atoms with Crippen LogP contribution >= 0.6 is 23.1 Å². The van der Waals surface area contributed by atoms with Crippen molar-refractivity contribution in [1.82, 2.24) is 19.4 Å². The molecule has 0 radical (unpaired) electrons. The summed E-state index contributed by atoms with van der Waals surface area (Å²) in [4.78, 5) is 25.7. The smallest absolute Gasteiger partial charge is 0.258 e. The summed E-state index contributed by atoms with van der Waals surface area (Å²) in [6, 6.07) is 15.4. The molecule has 0 fully saturated rings. The highest BCUT2D eigenvalue weighted by atomic mass is 32.2. The van der Waals surface area contributed by atoms with Crippen molar-refractivity contribution < 1.29 is 0 Å². The minimum absolute atomic E-state index is 0.0686. The first-order chi connectivity index (χ1) is 12.8. The van der Waals surface area contributed by atoms with Gasteiger partial charge in [0, 0.05) is 28.1 Å². The molecule has 1 aromatic carbocycles. The number of thioether (sulfide) groups is 1. The molecule has 5 aromatic rings. The first-order valence-electron chi connectivity index (χ1n) is 8.02. The van der Waals surface area contributed by atoms with E-state index in [0.717, 1.165) is 26.3 Å². The highest BCUT2D eigenvalue weighted by molar-refractivity contribution is 7.98. The fourth-order valence-corrected chi connectivity index (χ4v) is 5.05. The van der Waals surface area contributed by atoms with Crippen LogP contribution < -0.4 is 5.56 Å². The topological polar surface area (TPSA) is 60.2 Å². The Bertz CT molecular complexity index is 1330. The standard InChI is InChI=1S/C19H12N4OS2/c24-16-9-12(22-15-7-3-4-8-23(15)16)10-25-19-18-17(20-11-21-19)13-5-1-2-6-14(13)26-18/h1-9,11H,10H2. The van der Waals surface area contributed by atoms with Crippen molar-refractivity contribution in [2.24, 2.45) is 0 Å². The molecular weight excluding hydrogens is 364 g/mol. The van der Waals surface area contributed by atoms with Gasteiger partial charge in [-0.3, -0.25) is 9.20 Å². The lowest BCUT2D eigenvalue weighted by molar-refractivity contribution is 1.01. The van der Waals surface area contributed by atoms with Gasteiger partial charge in [-0.2, -0.15) is 0 Å². The number of aromatic nitrogens is 4. The zero-order valence-electron chi connectivity index (χ0n) is 13.5. The minimum atomic E-state index is -0.0686. The molecule has 0 aliphatic carbocycles. The van der Waals surface area contributed by atoms with Gasteiger partial charge in [-0.05, 0) is 18.2 Å². The van der Waals surface area contributed by atoms with Crippen LogP contribution in [0.1, 0.15) is 5.69 Å². The Labute approximate surface area is 156 Å². The average Bonchev–Trinajstić information content (AvgIpc) is 3.06. The molecule has 126 valence electrons. The predicted molar refractivity (Wildman–Crippen MR) is 106 cm³/mol. The van der Waals surface area contributed by atoms with E-state index in [1.54, 1.807) is 46.1 Å². The molecule has 0 unspecified atom stereocenters. The molecule has 7 heteroatoms. The van der Waals surface area contributed by atoms with Gasteiger partial charge in [0.15, 0.2) is 0 Å². The SMILES string of the molecule is O=c1cc(CSc2ncnc3c2sc2ccccc23)nc2ccccn12. The van der Waals surface area contributed by atoms with Crippen LogP contribution in [0.25, 0.3) is 25.9 Å². The Kier molecular flexibility index (Phi) is 3.69. The van der Waals surface area contributed by atoms with Crippen molar-refractivity contribution in [3.8, 4) is 0 Å². The first kappa shape index (κ1) is 15.5. The quantitative estimate of drug-likeness (QED) is 0.350. The largest absolute Gasteiger partial charge is 0.269 e. The van der Waals surface area contributed by atoms with Crippen molar-refractivity contribution in [3.05, 3.63) is 77.1 Å². The highest BCUT2D eigenvalue weighted by Gasteiger charge is 2.12. The summed E-state index contributed by atoms with van der Waals surface area (Å²) in [6.07, 6.45) is 3.33. The van der Waals surface area contributed by atoms with Gasteiger partial charge in [-0.15, -0.1) is 11.3 Å². The van der Waals surface area contributed by atoms with Gasteiger partial charge in [0.25, 0.3) is 5.56 Å². The van der Waals surface area contributed by atoms with E-state index in [2.05, 4.69) is 27.1 Å². The lowest BCUT2D eigenvalue weighted by Gasteiger charge is -2.04. The van der Waals surface area contributed by atoms with Crippen LogP contribution in [0.3, 0.4) is 0 Å². The van der Waals surface area contributed by atoms with Gasteiger partial charge in [0.1, 0.15) is 17.0 Å². The summed E-state index contributed by atoms with van der Waals surface area (Å²) in [5.74, 6) is 0.584. The molecule has 0 saturated carbocycles. The normalized spacial score (nSPS) is 11.5. The van der Waals surface area contributed by atoms with E-state index in [1.807, 2.05) is 30.3 Å². The molecule has 4 heterocycles. The van der Waals surface area contributed by atoms with E-state index in [1.165, 1.54) is 4.70 Å². The molecule has 0 spiro atoms. The summed E-state index contributed by atoms with van der Waals surface area (Å²) >= 11 is 3.28. The fraction of sp³-hybridized carbons (Fsp3) is 0.0526. The number of benzene rings is 1. The molecule has 26 heavy (non-hydrogen) atoms. The Balaban J connectivity index is 1.53. The second-order valence-electron chi connectivity index (χ2n) is 5.76. The van der Waals surface area contributed by atoms with Crippen LogP contribution in [0.5, 0.6) is 0 Å². The molecule has 0 saturated heterocycles. The van der Waals surface area contributed by atoms with E-state index < -0.39 is 0 Å². The number of thiophene rings is 1. The molecule has 0 amide bonds. The summed E-state index contributed by atoms with van der Waals surface area (Å²) < 4.78 is 3.83. The molecule has 0 atom stereocenters. The molecule has 0 aliphatic rings. The maximum atomic E-state index is 12.2. The minimum Gasteiger partial charge on any atom is -0.269 e. The van der Waals surface area contributed by atoms with Gasteiger partial charge < -0.3 is 0 Å². The zero-order valence-corrected chi connectivity index (χ0v) is 15.1. The maximum absolute atomic E-state index is 12.2. The molecule has 0 N–H and O–H groups in total. The number of hydrogen-bond acceptors (Lipinski definition) is 6. The lowest BCUT2D eigenvalue weighted by atomic mass is 10.2. The third-order valence-electron chi connectivity index (χ3n) is 4.11. The van der Waals surface area contributed by atoms with E-state index in [4.69, 9.17) is 0 Å². The predicted octanol–water partition coefficient (Wildman–Crippen LogP) is 4.14. The van der Waals surface area contributed by atoms with Gasteiger partial charge in [0.05, 0.1) is 15.9 Å². The summed E-state index contributed by atoms with van der Waals surface area (Å²) in [5.41, 5.74) is 2.32. The van der Waals surface area contributed by atoms with Crippen LogP contribution in [0.2, 0.25) is 0 Å². The zero-order chi connectivity index (χ0) is 17.5. The van der Waals surface area contributed by atoms with Crippen LogP contribution in [-0.4, -0.2) is 19.4 Å². The van der Waals surface area contributed by atoms with E-state index in [0.29, 0.717) is 11.4 Å². The molecule has 4 aromatic heterocycles. The van der Waals surface area contributed by atoms with Crippen molar-refractivity contribution in [1.29, 1.82) is 0 Å². The Morgan fingerprint density at radius 2 is 1.96 bits per heavy atom. The van der Waals surface area contributed by atoms with Crippen LogP contribution in [0.4, 0.5) is 0 Å². The third kappa shape index (κ3) is 2.56. The lowest BCUT2D eigenvalue weighted by Crippen LogP contribution is -2.14. The average molecular weight is 376 g/mol. The van der Waals surface area contributed by atoms with Crippen LogP contribution in [0, 0.1) is 0 Å². The monoisotopic (exact) mass is 376 g/mol. The van der Waals surface area contributed by atoms with E-state index in [-0.39, 0.29) is 5.56 Å². The maximum Gasteiger partial charge on any atom is 0.258 e. The molecule has 0 bridgehead atoms. The van der Waals surface area contributed by atoms with Gasteiger partial charge in [0.2, 0.25) is 0 Å². The number of nitrogens with zero attached hydrogens (tertiary/aromatic N) is 4. The fourth-order valence-electron chi connectivity index (χ4n) is 2.92. The molecule has 5 rings (SSSR count). The number of fused-ring (bicyclic) bond motifs is 4. The van der Waals surface area contributed by atoms with Crippen molar-refractivity contribution in [3.63, 3.8) is 0 Å².